The molecule has 2 N–H and O–H groups in total. The average molecular weight is 251 g/mol. The van der Waals surface area contributed by atoms with Crippen molar-refractivity contribution in [3.8, 4) is 5.75 Å². The predicted molar refractivity (Wildman–Crippen MR) is 74.8 cm³/mol. The summed E-state index contributed by atoms with van der Waals surface area (Å²) in [4.78, 5) is 0. The summed E-state index contributed by atoms with van der Waals surface area (Å²) < 4.78 is 5.66. The summed E-state index contributed by atoms with van der Waals surface area (Å²) in [7, 11) is 0. The fourth-order valence-corrected chi connectivity index (χ4v) is 1.61. The van der Waals surface area contributed by atoms with E-state index in [1.807, 2.05) is 39.0 Å². The lowest BCUT2D eigenvalue weighted by Gasteiger charge is -2.27. The van der Waals surface area contributed by atoms with Crippen molar-refractivity contribution >= 4 is 0 Å². The van der Waals surface area contributed by atoms with Crippen molar-refractivity contribution in [1.82, 2.24) is 5.32 Å². The zero-order valence-corrected chi connectivity index (χ0v) is 11.9. The van der Waals surface area contributed by atoms with Gasteiger partial charge in [0.2, 0.25) is 0 Å². The van der Waals surface area contributed by atoms with Gasteiger partial charge in [0, 0.05) is 12.1 Å². The van der Waals surface area contributed by atoms with E-state index in [4.69, 9.17) is 4.74 Å². The van der Waals surface area contributed by atoms with Gasteiger partial charge in [-0.2, -0.15) is 0 Å². The van der Waals surface area contributed by atoms with Crippen LogP contribution in [-0.4, -0.2) is 23.4 Å². The fourth-order valence-electron chi connectivity index (χ4n) is 1.61. The first kappa shape index (κ1) is 15.0. The topological polar surface area (TPSA) is 41.5 Å². The second kappa shape index (κ2) is 6.76. The second-order valence-corrected chi connectivity index (χ2v) is 5.24. The first-order chi connectivity index (χ1) is 8.49. The maximum absolute atomic E-state index is 9.35. The molecular formula is C15H25NO2. The molecule has 0 aliphatic heterocycles. The monoisotopic (exact) mass is 251 g/mol. The van der Waals surface area contributed by atoms with Gasteiger partial charge < -0.3 is 15.2 Å². The first-order valence-electron chi connectivity index (χ1n) is 6.60. The Hall–Kier alpha value is -1.06. The minimum atomic E-state index is -0.213. The molecule has 0 amide bonds. The molecule has 1 unspecified atom stereocenters. The molecule has 1 aromatic rings. The highest BCUT2D eigenvalue weighted by Crippen LogP contribution is 2.16. The lowest BCUT2D eigenvalue weighted by Crippen LogP contribution is -2.44. The van der Waals surface area contributed by atoms with Crippen LogP contribution in [0.25, 0.3) is 0 Å². The zero-order valence-electron chi connectivity index (χ0n) is 11.9. The van der Waals surface area contributed by atoms with Gasteiger partial charge >= 0.3 is 0 Å². The molecule has 0 heterocycles. The number of hydrogen-bond donors (Lipinski definition) is 2. The van der Waals surface area contributed by atoms with Crippen LogP contribution in [-0.2, 0) is 6.54 Å². The van der Waals surface area contributed by atoms with E-state index in [1.165, 1.54) is 5.56 Å². The number of rotatable bonds is 7. The summed E-state index contributed by atoms with van der Waals surface area (Å²) >= 11 is 0. The van der Waals surface area contributed by atoms with Crippen LogP contribution in [0, 0.1) is 0 Å². The Labute approximate surface area is 110 Å². The van der Waals surface area contributed by atoms with Crippen LogP contribution in [0.15, 0.2) is 24.3 Å². The Balaban J connectivity index is 2.62. The third kappa shape index (κ3) is 4.67. The SMILES string of the molecule is CCC(C)(CO)NCc1cccc(OC(C)C)c1. The Bertz CT molecular complexity index is 359. The smallest absolute Gasteiger partial charge is 0.120 e. The molecule has 0 aliphatic rings. The number of nitrogens with one attached hydrogen (secondary N) is 1. The summed E-state index contributed by atoms with van der Waals surface area (Å²) in [5.41, 5.74) is 0.954. The second-order valence-electron chi connectivity index (χ2n) is 5.24. The third-order valence-electron chi connectivity index (χ3n) is 3.12. The van der Waals surface area contributed by atoms with Gasteiger partial charge in [-0.25, -0.2) is 0 Å². The van der Waals surface area contributed by atoms with Crippen LogP contribution >= 0.6 is 0 Å². The van der Waals surface area contributed by atoms with Crippen LogP contribution in [0.5, 0.6) is 5.75 Å². The summed E-state index contributed by atoms with van der Waals surface area (Å²) in [5, 5.41) is 12.7. The van der Waals surface area contributed by atoms with Crippen LogP contribution in [0.4, 0.5) is 0 Å². The van der Waals surface area contributed by atoms with Gasteiger partial charge in [0.05, 0.1) is 12.7 Å². The van der Waals surface area contributed by atoms with E-state index in [9.17, 15) is 5.11 Å². The molecule has 3 nitrogen and oxygen atoms in total. The minimum absolute atomic E-state index is 0.145. The van der Waals surface area contributed by atoms with E-state index in [0.717, 1.165) is 18.7 Å². The quantitative estimate of drug-likeness (QED) is 0.783. The van der Waals surface area contributed by atoms with E-state index in [2.05, 4.69) is 18.3 Å². The van der Waals surface area contributed by atoms with Crippen molar-refractivity contribution < 1.29 is 9.84 Å². The molecule has 0 fully saturated rings. The van der Waals surface area contributed by atoms with E-state index >= 15 is 0 Å². The standard InChI is InChI=1S/C15H25NO2/c1-5-15(4,11-17)16-10-13-7-6-8-14(9-13)18-12(2)3/h6-9,12,16-17H,5,10-11H2,1-4H3. The van der Waals surface area contributed by atoms with Gasteiger partial charge in [0.1, 0.15) is 5.75 Å². The molecule has 102 valence electrons. The summed E-state index contributed by atoms with van der Waals surface area (Å²) in [6.07, 6.45) is 1.08. The maximum Gasteiger partial charge on any atom is 0.120 e. The Morgan fingerprint density at radius 1 is 1.39 bits per heavy atom. The zero-order chi connectivity index (χ0) is 13.6. The van der Waals surface area contributed by atoms with E-state index < -0.39 is 0 Å². The molecule has 1 aromatic carbocycles. The van der Waals surface area contributed by atoms with Crippen LogP contribution in [0.3, 0.4) is 0 Å². The van der Waals surface area contributed by atoms with Crippen molar-refractivity contribution in [1.29, 1.82) is 0 Å². The fraction of sp³-hybridized carbons (Fsp3) is 0.600. The molecule has 0 aromatic heterocycles. The van der Waals surface area contributed by atoms with Crippen molar-refractivity contribution in [2.24, 2.45) is 0 Å². The minimum Gasteiger partial charge on any atom is -0.491 e. The van der Waals surface area contributed by atoms with Crippen molar-refractivity contribution in [2.75, 3.05) is 6.61 Å². The van der Waals surface area contributed by atoms with Gasteiger partial charge in [0.25, 0.3) is 0 Å². The van der Waals surface area contributed by atoms with E-state index in [0.29, 0.717) is 0 Å². The Kier molecular flexibility index (Phi) is 5.63. The van der Waals surface area contributed by atoms with Crippen molar-refractivity contribution in [3.05, 3.63) is 29.8 Å². The number of aliphatic hydroxyl groups is 1. The predicted octanol–water partition coefficient (Wildman–Crippen LogP) is 2.72. The van der Waals surface area contributed by atoms with E-state index in [-0.39, 0.29) is 18.2 Å². The number of benzene rings is 1. The van der Waals surface area contributed by atoms with Crippen molar-refractivity contribution in [3.63, 3.8) is 0 Å². The molecule has 0 saturated heterocycles. The Morgan fingerprint density at radius 2 is 2.11 bits per heavy atom. The lowest BCUT2D eigenvalue weighted by molar-refractivity contribution is 0.169. The highest BCUT2D eigenvalue weighted by Gasteiger charge is 2.19. The normalized spacial score (nSPS) is 14.6. The molecule has 0 aliphatic carbocycles. The number of aliphatic hydroxyl groups excluding tert-OH is 1. The van der Waals surface area contributed by atoms with Crippen LogP contribution in [0.1, 0.15) is 39.7 Å². The first-order valence-corrected chi connectivity index (χ1v) is 6.60. The molecular weight excluding hydrogens is 226 g/mol. The molecule has 0 spiro atoms. The highest BCUT2D eigenvalue weighted by molar-refractivity contribution is 5.28. The van der Waals surface area contributed by atoms with Crippen LogP contribution < -0.4 is 10.1 Å². The van der Waals surface area contributed by atoms with Gasteiger partial charge in [-0.3, -0.25) is 0 Å². The maximum atomic E-state index is 9.35. The number of hydrogen-bond acceptors (Lipinski definition) is 3. The molecule has 1 atom stereocenters. The molecule has 3 heteroatoms. The Morgan fingerprint density at radius 3 is 2.67 bits per heavy atom. The van der Waals surface area contributed by atoms with Gasteiger partial charge in [-0.05, 0) is 44.9 Å². The molecule has 0 radical (unpaired) electrons. The molecule has 1 rings (SSSR count). The summed E-state index contributed by atoms with van der Waals surface area (Å²) in [5.74, 6) is 0.895. The molecule has 18 heavy (non-hydrogen) atoms. The molecule has 0 saturated carbocycles. The lowest BCUT2D eigenvalue weighted by atomic mass is 10.00. The van der Waals surface area contributed by atoms with Crippen molar-refractivity contribution in [2.45, 2.75) is 52.3 Å². The summed E-state index contributed by atoms with van der Waals surface area (Å²) in [6.45, 7) is 9.02. The van der Waals surface area contributed by atoms with Crippen LogP contribution in [0.2, 0.25) is 0 Å². The largest absolute Gasteiger partial charge is 0.491 e. The van der Waals surface area contributed by atoms with E-state index in [1.54, 1.807) is 0 Å². The van der Waals surface area contributed by atoms with Gasteiger partial charge in [-0.1, -0.05) is 19.1 Å². The molecule has 0 bridgehead atoms. The third-order valence-corrected chi connectivity index (χ3v) is 3.12. The average Bonchev–Trinajstić information content (AvgIpc) is 2.36. The number of ether oxygens (including phenoxy) is 1. The van der Waals surface area contributed by atoms with Gasteiger partial charge in [0.15, 0.2) is 0 Å². The van der Waals surface area contributed by atoms with Gasteiger partial charge in [-0.15, -0.1) is 0 Å². The highest BCUT2D eigenvalue weighted by atomic mass is 16.5. The summed E-state index contributed by atoms with van der Waals surface area (Å²) in [6, 6.07) is 8.07.